The molecule has 0 fully saturated rings. The third-order valence-corrected chi connectivity index (χ3v) is 2.86. The van der Waals surface area contributed by atoms with E-state index >= 15 is 0 Å². The quantitative estimate of drug-likeness (QED) is 0.793. The van der Waals surface area contributed by atoms with Gasteiger partial charge in [-0.15, -0.1) is 0 Å². The molecule has 0 aliphatic rings. The summed E-state index contributed by atoms with van der Waals surface area (Å²) in [4.78, 5) is 4.53. The van der Waals surface area contributed by atoms with Crippen LogP contribution in [0.2, 0.25) is 0 Å². The van der Waals surface area contributed by atoms with E-state index in [0.29, 0.717) is 6.61 Å². The topological polar surface area (TPSA) is 34.1 Å². The smallest absolute Gasteiger partial charge is 0.0724 e. The van der Waals surface area contributed by atoms with E-state index in [1.807, 2.05) is 25.1 Å². The summed E-state index contributed by atoms with van der Waals surface area (Å²) in [5.74, 6) is 0. The molecule has 0 amide bonds. The summed E-state index contributed by atoms with van der Waals surface area (Å²) in [5, 5.41) is 4.43. The molecule has 1 N–H and O–H groups in total. The number of fused-ring (bicyclic) bond motifs is 1. The van der Waals surface area contributed by atoms with E-state index in [9.17, 15) is 0 Å². The van der Waals surface area contributed by atoms with E-state index in [0.717, 1.165) is 30.9 Å². The minimum Gasteiger partial charge on any atom is -0.375 e. The van der Waals surface area contributed by atoms with Gasteiger partial charge >= 0.3 is 0 Å². The second-order valence-corrected chi connectivity index (χ2v) is 4.35. The van der Waals surface area contributed by atoms with Gasteiger partial charge in [0.2, 0.25) is 0 Å². The van der Waals surface area contributed by atoms with Gasteiger partial charge in [0.25, 0.3) is 0 Å². The molecule has 1 aromatic carbocycles. The number of para-hydroxylation sites is 1. The molecule has 0 atom stereocenters. The van der Waals surface area contributed by atoms with E-state index in [1.54, 1.807) is 0 Å². The monoisotopic (exact) mass is 244 g/mol. The fourth-order valence-electron chi connectivity index (χ4n) is 2.02. The Kier molecular flexibility index (Phi) is 4.67. The van der Waals surface area contributed by atoms with Crippen LogP contribution in [-0.2, 0) is 11.3 Å². The molecular weight excluding hydrogens is 224 g/mol. The standard InChI is InChI=1S/C15H20N2O/c1-3-16-8-9-18-11-13-10-12(2)17-15-7-5-4-6-14(13)15/h4-7,10,16H,3,8-9,11H2,1-2H3. The number of pyridine rings is 1. The van der Waals surface area contributed by atoms with Gasteiger partial charge < -0.3 is 10.1 Å². The number of hydrogen-bond donors (Lipinski definition) is 1. The van der Waals surface area contributed by atoms with Crippen LogP contribution in [0.15, 0.2) is 30.3 Å². The summed E-state index contributed by atoms with van der Waals surface area (Å²) in [6.45, 7) is 7.40. The van der Waals surface area contributed by atoms with Gasteiger partial charge in [-0.3, -0.25) is 4.98 Å². The Morgan fingerprint density at radius 3 is 2.94 bits per heavy atom. The highest BCUT2D eigenvalue weighted by atomic mass is 16.5. The van der Waals surface area contributed by atoms with Gasteiger partial charge in [-0.25, -0.2) is 0 Å². The van der Waals surface area contributed by atoms with Gasteiger partial charge in [0, 0.05) is 17.6 Å². The van der Waals surface area contributed by atoms with Crippen molar-refractivity contribution in [2.24, 2.45) is 0 Å². The lowest BCUT2D eigenvalue weighted by molar-refractivity contribution is 0.124. The molecule has 0 unspecified atom stereocenters. The van der Waals surface area contributed by atoms with Crippen LogP contribution in [0, 0.1) is 6.92 Å². The average Bonchev–Trinajstić information content (AvgIpc) is 2.38. The summed E-state index contributed by atoms with van der Waals surface area (Å²) in [5.41, 5.74) is 3.30. The van der Waals surface area contributed by atoms with Crippen LogP contribution in [0.5, 0.6) is 0 Å². The van der Waals surface area contributed by atoms with Gasteiger partial charge in [0.15, 0.2) is 0 Å². The number of benzene rings is 1. The van der Waals surface area contributed by atoms with E-state index in [-0.39, 0.29) is 0 Å². The lowest BCUT2D eigenvalue weighted by atomic mass is 10.1. The first-order valence-electron chi connectivity index (χ1n) is 6.45. The number of ether oxygens (including phenoxy) is 1. The first kappa shape index (κ1) is 13.0. The summed E-state index contributed by atoms with van der Waals surface area (Å²) in [6.07, 6.45) is 0. The van der Waals surface area contributed by atoms with Crippen LogP contribution in [0.3, 0.4) is 0 Å². The summed E-state index contributed by atoms with van der Waals surface area (Å²) < 4.78 is 5.69. The Hall–Kier alpha value is -1.45. The molecular formula is C15H20N2O. The maximum Gasteiger partial charge on any atom is 0.0724 e. The molecule has 0 aliphatic carbocycles. The molecule has 0 saturated carbocycles. The molecule has 1 aromatic heterocycles. The molecule has 2 aromatic rings. The minimum atomic E-state index is 0.648. The highest BCUT2D eigenvalue weighted by Gasteiger charge is 2.03. The van der Waals surface area contributed by atoms with Gasteiger partial charge in [0.05, 0.1) is 18.7 Å². The number of hydrogen-bond acceptors (Lipinski definition) is 3. The highest BCUT2D eigenvalue weighted by molar-refractivity contribution is 5.82. The van der Waals surface area contributed by atoms with Crippen molar-refractivity contribution >= 4 is 10.9 Å². The molecule has 2 rings (SSSR count). The van der Waals surface area contributed by atoms with Gasteiger partial charge in [-0.1, -0.05) is 25.1 Å². The van der Waals surface area contributed by atoms with Crippen LogP contribution in [0.4, 0.5) is 0 Å². The Balaban J connectivity index is 2.07. The van der Waals surface area contributed by atoms with E-state index < -0.39 is 0 Å². The molecule has 18 heavy (non-hydrogen) atoms. The molecule has 0 bridgehead atoms. The van der Waals surface area contributed by atoms with Crippen LogP contribution in [-0.4, -0.2) is 24.7 Å². The Morgan fingerprint density at radius 1 is 1.28 bits per heavy atom. The predicted molar refractivity (Wildman–Crippen MR) is 74.7 cm³/mol. The number of nitrogens with one attached hydrogen (secondary N) is 1. The van der Waals surface area contributed by atoms with Crippen molar-refractivity contribution in [3.63, 3.8) is 0 Å². The van der Waals surface area contributed by atoms with Crippen molar-refractivity contribution in [3.05, 3.63) is 41.6 Å². The molecule has 0 aliphatic heterocycles. The first-order valence-corrected chi connectivity index (χ1v) is 6.45. The maximum atomic E-state index is 5.69. The predicted octanol–water partition coefficient (Wildman–Crippen LogP) is 2.67. The highest BCUT2D eigenvalue weighted by Crippen LogP contribution is 2.18. The van der Waals surface area contributed by atoms with Crippen LogP contribution >= 0.6 is 0 Å². The maximum absolute atomic E-state index is 5.69. The van der Waals surface area contributed by atoms with Crippen molar-refractivity contribution in [3.8, 4) is 0 Å². The molecule has 0 radical (unpaired) electrons. The summed E-state index contributed by atoms with van der Waals surface area (Å²) in [6, 6.07) is 10.3. The fraction of sp³-hybridized carbons (Fsp3) is 0.400. The van der Waals surface area contributed by atoms with E-state index in [4.69, 9.17) is 4.74 Å². The first-order chi connectivity index (χ1) is 8.81. The van der Waals surface area contributed by atoms with Crippen LogP contribution < -0.4 is 5.32 Å². The van der Waals surface area contributed by atoms with Crippen molar-refractivity contribution in [2.45, 2.75) is 20.5 Å². The zero-order chi connectivity index (χ0) is 12.8. The molecule has 0 spiro atoms. The Bertz CT molecular complexity index is 511. The second-order valence-electron chi connectivity index (χ2n) is 4.35. The van der Waals surface area contributed by atoms with Crippen LogP contribution in [0.25, 0.3) is 10.9 Å². The summed E-state index contributed by atoms with van der Waals surface area (Å²) >= 11 is 0. The second kappa shape index (κ2) is 6.47. The third-order valence-electron chi connectivity index (χ3n) is 2.86. The van der Waals surface area contributed by atoms with E-state index in [1.165, 1.54) is 10.9 Å². The van der Waals surface area contributed by atoms with Crippen molar-refractivity contribution in [1.29, 1.82) is 0 Å². The molecule has 96 valence electrons. The zero-order valence-electron chi connectivity index (χ0n) is 11.1. The van der Waals surface area contributed by atoms with Gasteiger partial charge in [-0.2, -0.15) is 0 Å². The number of nitrogens with zero attached hydrogens (tertiary/aromatic N) is 1. The number of likely N-dealkylation sites (N-methyl/N-ethyl adjacent to an activating group) is 1. The molecule has 1 heterocycles. The minimum absolute atomic E-state index is 0.648. The Morgan fingerprint density at radius 2 is 2.11 bits per heavy atom. The van der Waals surface area contributed by atoms with E-state index in [2.05, 4.69) is 29.4 Å². The van der Waals surface area contributed by atoms with Crippen molar-refractivity contribution < 1.29 is 4.74 Å². The lowest BCUT2D eigenvalue weighted by Gasteiger charge is -2.09. The SMILES string of the molecule is CCNCCOCc1cc(C)nc2ccccc12. The molecule has 0 saturated heterocycles. The number of aromatic nitrogens is 1. The largest absolute Gasteiger partial charge is 0.375 e. The third kappa shape index (κ3) is 3.28. The molecule has 3 heteroatoms. The van der Waals surface area contributed by atoms with Crippen molar-refractivity contribution in [2.75, 3.05) is 19.7 Å². The average molecular weight is 244 g/mol. The summed E-state index contributed by atoms with van der Waals surface area (Å²) in [7, 11) is 0. The number of rotatable bonds is 6. The normalized spacial score (nSPS) is 11.0. The number of aryl methyl sites for hydroxylation is 1. The lowest BCUT2D eigenvalue weighted by Crippen LogP contribution is -2.18. The van der Waals surface area contributed by atoms with Crippen molar-refractivity contribution in [1.82, 2.24) is 10.3 Å². The van der Waals surface area contributed by atoms with Crippen LogP contribution in [0.1, 0.15) is 18.2 Å². The Labute approximate surface area is 108 Å². The fourth-order valence-corrected chi connectivity index (χ4v) is 2.02. The van der Waals surface area contributed by atoms with Gasteiger partial charge in [0.1, 0.15) is 0 Å². The molecule has 3 nitrogen and oxygen atoms in total. The zero-order valence-corrected chi connectivity index (χ0v) is 11.1. The van der Waals surface area contributed by atoms with Gasteiger partial charge in [-0.05, 0) is 31.2 Å².